The van der Waals surface area contributed by atoms with Crippen molar-refractivity contribution in [3.63, 3.8) is 0 Å². The minimum Gasteiger partial charge on any atom is -0.312 e. The number of nitrogens with one attached hydrogen (secondary N) is 1. The monoisotopic (exact) mass is 264 g/mol. The summed E-state index contributed by atoms with van der Waals surface area (Å²) in [4.78, 5) is 1.63. The average Bonchev–Trinajstić information content (AvgIpc) is 2.98. The smallest absolute Gasteiger partial charge is 0.312 e. The number of rotatable bonds is 6. The van der Waals surface area contributed by atoms with Crippen molar-refractivity contribution in [2.45, 2.75) is 69.8 Å². The highest BCUT2D eigenvalue weighted by molar-refractivity contribution is 4.90. The van der Waals surface area contributed by atoms with Gasteiger partial charge in [-0.1, -0.05) is 12.8 Å². The Kier molecular flexibility index (Phi) is 4.54. The minimum absolute atomic E-state index is 0.0280. The van der Waals surface area contributed by atoms with E-state index in [1.807, 2.05) is 6.92 Å². The highest BCUT2D eigenvalue weighted by Crippen LogP contribution is 2.31. The van der Waals surface area contributed by atoms with Crippen molar-refractivity contribution in [1.82, 2.24) is 10.2 Å². The van der Waals surface area contributed by atoms with E-state index >= 15 is 0 Å². The molecule has 18 heavy (non-hydrogen) atoms. The molecule has 0 aromatic heterocycles. The maximum atomic E-state index is 12.5. The molecule has 0 bridgehead atoms. The predicted octanol–water partition coefficient (Wildman–Crippen LogP) is 2.93. The summed E-state index contributed by atoms with van der Waals surface area (Å²) in [5.74, 6) is 0. The number of hydrogen-bond donors (Lipinski definition) is 1. The molecular formula is C13H23F3N2. The summed E-state index contributed by atoms with van der Waals surface area (Å²) in [5, 5.41) is 3.42. The fourth-order valence-electron chi connectivity index (χ4n) is 2.84. The van der Waals surface area contributed by atoms with Gasteiger partial charge in [-0.15, -0.1) is 0 Å². The lowest BCUT2D eigenvalue weighted by Gasteiger charge is -2.31. The fraction of sp³-hybridized carbons (Fsp3) is 1.00. The van der Waals surface area contributed by atoms with Crippen molar-refractivity contribution in [2.24, 2.45) is 0 Å². The van der Waals surface area contributed by atoms with Gasteiger partial charge in [0.25, 0.3) is 0 Å². The Morgan fingerprint density at radius 3 is 2.28 bits per heavy atom. The molecule has 5 heteroatoms. The van der Waals surface area contributed by atoms with Crippen molar-refractivity contribution < 1.29 is 13.2 Å². The summed E-state index contributed by atoms with van der Waals surface area (Å²) in [5.41, 5.74) is 0. The Balaban J connectivity index is 1.77. The molecule has 2 nitrogen and oxygen atoms in total. The third-order valence-electron chi connectivity index (χ3n) is 4.00. The molecule has 2 fully saturated rings. The maximum Gasteiger partial charge on any atom is 0.401 e. The zero-order chi connectivity index (χ0) is 13.2. The molecule has 0 spiro atoms. The van der Waals surface area contributed by atoms with Gasteiger partial charge in [0.15, 0.2) is 0 Å². The largest absolute Gasteiger partial charge is 0.401 e. The van der Waals surface area contributed by atoms with Crippen LogP contribution in [0.3, 0.4) is 0 Å². The summed E-state index contributed by atoms with van der Waals surface area (Å²) in [6.07, 6.45) is 2.62. The second-order valence-electron chi connectivity index (χ2n) is 5.76. The van der Waals surface area contributed by atoms with Gasteiger partial charge in [-0.05, 0) is 32.6 Å². The number of halogens is 3. The van der Waals surface area contributed by atoms with E-state index < -0.39 is 12.7 Å². The minimum atomic E-state index is -4.08. The Labute approximate surface area is 107 Å². The number of alkyl halides is 3. The summed E-state index contributed by atoms with van der Waals surface area (Å²) in [7, 11) is 0. The van der Waals surface area contributed by atoms with Gasteiger partial charge in [0.05, 0.1) is 6.54 Å². The lowest BCUT2D eigenvalue weighted by Crippen LogP contribution is -2.47. The molecule has 0 amide bonds. The molecule has 2 aliphatic carbocycles. The molecule has 0 saturated heterocycles. The molecule has 0 radical (unpaired) electrons. The molecule has 0 aromatic carbocycles. The molecule has 1 atom stereocenters. The van der Waals surface area contributed by atoms with Crippen molar-refractivity contribution in [1.29, 1.82) is 0 Å². The van der Waals surface area contributed by atoms with Crippen LogP contribution in [0, 0.1) is 0 Å². The Hall–Kier alpha value is -0.290. The van der Waals surface area contributed by atoms with Crippen molar-refractivity contribution in [3.05, 3.63) is 0 Å². The van der Waals surface area contributed by atoms with E-state index in [9.17, 15) is 13.2 Å². The van der Waals surface area contributed by atoms with E-state index in [-0.39, 0.29) is 12.1 Å². The maximum absolute atomic E-state index is 12.5. The van der Waals surface area contributed by atoms with Crippen molar-refractivity contribution in [3.8, 4) is 0 Å². The normalized spacial score (nSPS) is 23.8. The first-order valence-corrected chi connectivity index (χ1v) is 7.01. The standard InChI is InChI=1S/C13H23F3N2/c1-10(8-17-11-4-2-3-5-11)18(12-6-7-12)9-13(14,15)16/h10-12,17H,2-9H2,1H3. The van der Waals surface area contributed by atoms with E-state index in [0.717, 1.165) is 12.8 Å². The highest BCUT2D eigenvalue weighted by Gasteiger charge is 2.40. The van der Waals surface area contributed by atoms with Crippen molar-refractivity contribution in [2.75, 3.05) is 13.1 Å². The van der Waals surface area contributed by atoms with Gasteiger partial charge in [-0.25, -0.2) is 0 Å². The molecule has 2 saturated carbocycles. The average molecular weight is 264 g/mol. The van der Waals surface area contributed by atoms with Gasteiger partial charge >= 0.3 is 6.18 Å². The Morgan fingerprint density at radius 2 is 1.78 bits per heavy atom. The first-order valence-electron chi connectivity index (χ1n) is 7.01. The third kappa shape index (κ3) is 4.43. The van der Waals surface area contributed by atoms with Gasteiger partial charge in [0.2, 0.25) is 0 Å². The number of nitrogens with zero attached hydrogens (tertiary/aromatic N) is 1. The van der Waals surface area contributed by atoms with E-state index in [2.05, 4.69) is 5.32 Å². The fourth-order valence-corrected chi connectivity index (χ4v) is 2.84. The SMILES string of the molecule is CC(CNC1CCCC1)N(CC(F)(F)F)C1CC1. The summed E-state index contributed by atoms with van der Waals surface area (Å²) >= 11 is 0. The quantitative estimate of drug-likeness (QED) is 0.793. The van der Waals surface area contributed by atoms with Gasteiger partial charge < -0.3 is 5.32 Å². The molecule has 0 aromatic rings. The lowest BCUT2D eigenvalue weighted by molar-refractivity contribution is -0.151. The third-order valence-corrected chi connectivity index (χ3v) is 4.00. The number of hydrogen-bond acceptors (Lipinski definition) is 2. The van der Waals surface area contributed by atoms with Crippen LogP contribution < -0.4 is 5.32 Å². The topological polar surface area (TPSA) is 15.3 Å². The highest BCUT2D eigenvalue weighted by atomic mass is 19.4. The predicted molar refractivity (Wildman–Crippen MR) is 65.5 cm³/mol. The first kappa shape index (κ1) is 14.1. The van der Waals surface area contributed by atoms with Gasteiger partial charge in [-0.2, -0.15) is 13.2 Å². The van der Waals surface area contributed by atoms with Crippen LogP contribution >= 0.6 is 0 Å². The zero-order valence-electron chi connectivity index (χ0n) is 11.0. The Bertz CT molecular complexity index is 257. The van der Waals surface area contributed by atoms with Gasteiger partial charge in [0.1, 0.15) is 0 Å². The first-order chi connectivity index (χ1) is 8.46. The van der Waals surface area contributed by atoms with Crippen LogP contribution in [-0.2, 0) is 0 Å². The molecular weight excluding hydrogens is 241 g/mol. The van der Waals surface area contributed by atoms with Crippen LogP contribution in [0.15, 0.2) is 0 Å². The molecule has 0 aliphatic heterocycles. The van der Waals surface area contributed by atoms with Crippen LogP contribution in [0.25, 0.3) is 0 Å². The molecule has 1 N–H and O–H groups in total. The van der Waals surface area contributed by atoms with Crippen LogP contribution in [0.4, 0.5) is 13.2 Å². The lowest BCUT2D eigenvalue weighted by atomic mass is 10.2. The van der Waals surface area contributed by atoms with Gasteiger partial charge in [-0.3, -0.25) is 4.90 Å². The summed E-state index contributed by atoms with van der Waals surface area (Å²) in [6, 6.07) is 0.658. The van der Waals surface area contributed by atoms with Crippen LogP contribution in [-0.4, -0.2) is 42.3 Å². The molecule has 1 unspecified atom stereocenters. The van der Waals surface area contributed by atoms with Crippen LogP contribution in [0.1, 0.15) is 45.4 Å². The molecule has 2 rings (SSSR count). The van der Waals surface area contributed by atoms with E-state index in [0.29, 0.717) is 12.6 Å². The zero-order valence-corrected chi connectivity index (χ0v) is 11.0. The second kappa shape index (κ2) is 5.78. The summed E-state index contributed by atoms with van der Waals surface area (Å²) in [6.45, 7) is 1.83. The molecule has 2 aliphatic rings. The second-order valence-corrected chi connectivity index (χ2v) is 5.76. The molecule has 0 heterocycles. The van der Waals surface area contributed by atoms with Crippen LogP contribution in [0.2, 0.25) is 0 Å². The molecule has 106 valence electrons. The van der Waals surface area contributed by atoms with E-state index in [1.54, 1.807) is 4.90 Å². The van der Waals surface area contributed by atoms with Crippen molar-refractivity contribution >= 4 is 0 Å². The summed E-state index contributed by atoms with van der Waals surface area (Å²) < 4.78 is 37.6. The van der Waals surface area contributed by atoms with E-state index in [1.165, 1.54) is 25.7 Å². The van der Waals surface area contributed by atoms with E-state index in [4.69, 9.17) is 0 Å². The van der Waals surface area contributed by atoms with Gasteiger partial charge in [0, 0.05) is 24.7 Å². The Morgan fingerprint density at radius 1 is 1.17 bits per heavy atom. The van der Waals surface area contributed by atoms with Crippen LogP contribution in [0.5, 0.6) is 0 Å².